The van der Waals surface area contributed by atoms with Crippen molar-refractivity contribution >= 4 is 5.97 Å². The molecule has 0 atom stereocenters. The lowest BCUT2D eigenvalue weighted by atomic mass is 10.1. The van der Waals surface area contributed by atoms with Gasteiger partial charge in [0.15, 0.2) is 0 Å². The molecule has 1 saturated heterocycles. The number of hydrogen-bond donors (Lipinski definition) is 1. The number of benzene rings is 1. The summed E-state index contributed by atoms with van der Waals surface area (Å²) in [7, 11) is 2.00. The van der Waals surface area contributed by atoms with Crippen molar-refractivity contribution in [2.75, 3.05) is 20.3 Å². The highest BCUT2D eigenvalue weighted by molar-refractivity contribution is 5.87. The largest absolute Gasteiger partial charge is 0.478 e. The highest BCUT2D eigenvalue weighted by atomic mass is 19.1. The predicted octanol–water partition coefficient (Wildman–Crippen LogP) is 2.13. The van der Waals surface area contributed by atoms with Gasteiger partial charge in [0.25, 0.3) is 0 Å². The molecule has 0 unspecified atom stereocenters. The number of halogens is 1. The van der Waals surface area contributed by atoms with E-state index in [1.165, 1.54) is 12.1 Å². The number of aromatic carboxylic acids is 1. The molecule has 0 spiro atoms. The van der Waals surface area contributed by atoms with Crippen LogP contribution in [0.2, 0.25) is 0 Å². The zero-order valence-corrected chi connectivity index (χ0v) is 10.9. The second-order valence-corrected chi connectivity index (χ2v) is 4.88. The molecule has 4 nitrogen and oxygen atoms in total. The Morgan fingerprint density at radius 2 is 2.16 bits per heavy atom. The van der Waals surface area contributed by atoms with Crippen molar-refractivity contribution in [3.8, 4) is 0 Å². The van der Waals surface area contributed by atoms with Gasteiger partial charge in [-0.1, -0.05) is 6.07 Å². The Bertz CT molecular complexity index is 458. The van der Waals surface area contributed by atoms with Crippen molar-refractivity contribution in [3.05, 3.63) is 35.1 Å². The molecule has 5 heteroatoms. The van der Waals surface area contributed by atoms with Crippen LogP contribution in [-0.2, 0) is 11.3 Å². The second-order valence-electron chi connectivity index (χ2n) is 4.88. The van der Waals surface area contributed by atoms with E-state index < -0.39 is 11.8 Å². The van der Waals surface area contributed by atoms with Gasteiger partial charge < -0.3 is 9.84 Å². The Morgan fingerprint density at radius 3 is 2.74 bits per heavy atom. The Hall–Kier alpha value is -1.46. The van der Waals surface area contributed by atoms with Gasteiger partial charge in [-0.25, -0.2) is 9.18 Å². The van der Waals surface area contributed by atoms with E-state index >= 15 is 0 Å². The number of carboxylic acid groups (broad SMARTS) is 1. The number of carbonyl (C=O) groups is 1. The summed E-state index contributed by atoms with van der Waals surface area (Å²) in [4.78, 5) is 12.9. The smallest absolute Gasteiger partial charge is 0.338 e. The first kappa shape index (κ1) is 14.0. The molecular formula is C14H18FNO3. The molecule has 1 aliphatic rings. The third-order valence-corrected chi connectivity index (χ3v) is 3.51. The summed E-state index contributed by atoms with van der Waals surface area (Å²) < 4.78 is 18.9. The molecule has 0 amide bonds. The Morgan fingerprint density at radius 1 is 1.47 bits per heavy atom. The van der Waals surface area contributed by atoms with Crippen molar-refractivity contribution in [3.63, 3.8) is 0 Å². The minimum absolute atomic E-state index is 0.280. The maximum absolute atomic E-state index is 13.6. The highest BCUT2D eigenvalue weighted by Crippen LogP contribution is 2.17. The molecule has 2 rings (SSSR count). The van der Waals surface area contributed by atoms with Crippen LogP contribution in [0.4, 0.5) is 4.39 Å². The van der Waals surface area contributed by atoms with E-state index in [9.17, 15) is 9.18 Å². The fourth-order valence-electron chi connectivity index (χ4n) is 2.37. The molecule has 104 valence electrons. The van der Waals surface area contributed by atoms with E-state index in [1.54, 1.807) is 6.07 Å². The monoisotopic (exact) mass is 267 g/mol. The minimum Gasteiger partial charge on any atom is -0.478 e. The molecule has 1 aliphatic heterocycles. The average molecular weight is 267 g/mol. The fraction of sp³-hybridized carbons (Fsp3) is 0.500. The molecule has 0 saturated carbocycles. The first-order valence-corrected chi connectivity index (χ1v) is 6.37. The summed E-state index contributed by atoms with van der Waals surface area (Å²) in [5, 5.41) is 8.78. The first-order valence-electron chi connectivity index (χ1n) is 6.37. The van der Waals surface area contributed by atoms with E-state index in [-0.39, 0.29) is 5.56 Å². The predicted molar refractivity (Wildman–Crippen MR) is 68.7 cm³/mol. The van der Waals surface area contributed by atoms with Crippen LogP contribution >= 0.6 is 0 Å². The van der Waals surface area contributed by atoms with Crippen LogP contribution in [0.5, 0.6) is 0 Å². The molecule has 0 radical (unpaired) electrons. The third-order valence-electron chi connectivity index (χ3n) is 3.51. The molecule has 1 N–H and O–H groups in total. The SMILES string of the molecule is CN(Cc1ccc(C(=O)O)c(F)c1)C1CCOCC1. The van der Waals surface area contributed by atoms with E-state index in [0.717, 1.165) is 31.6 Å². The van der Waals surface area contributed by atoms with Crippen molar-refractivity contribution < 1.29 is 19.0 Å². The van der Waals surface area contributed by atoms with E-state index in [0.29, 0.717) is 12.6 Å². The average Bonchev–Trinajstić information content (AvgIpc) is 2.39. The van der Waals surface area contributed by atoms with Gasteiger partial charge in [0.1, 0.15) is 5.82 Å². The van der Waals surface area contributed by atoms with Crippen molar-refractivity contribution in [1.29, 1.82) is 0 Å². The van der Waals surface area contributed by atoms with Gasteiger partial charge in [0.05, 0.1) is 5.56 Å². The zero-order valence-electron chi connectivity index (χ0n) is 10.9. The Kier molecular flexibility index (Phi) is 4.50. The van der Waals surface area contributed by atoms with Gasteiger partial charge in [0, 0.05) is 25.8 Å². The normalized spacial score (nSPS) is 16.8. The summed E-state index contributed by atoms with van der Waals surface area (Å²) >= 11 is 0. The zero-order chi connectivity index (χ0) is 13.8. The quantitative estimate of drug-likeness (QED) is 0.908. The molecule has 1 fully saturated rings. The number of carboxylic acids is 1. The molecule has 1 aromatic carbocycles. The molecule has 0 aromatic heterocycles. The highest BCUT2D eigenvalue weighted by Gasteiger charge is 2.19. The third kappa shape index (κ3) is 3.52. The summed E-state index contributed by atoms with van der Waals surface area (Å²) in [5.74, 6) is -1.91. The number of ether oxygens (including phenoxy) is 1. The van der Waals surface area contributed by atoms with E-state index in [2.05, 4.69) is 4.90 Å². The van der Waals surface area contributed by atoms with Crippen molar-refractivity contribution in [2.45, 2.75) is 25.4 Å². The van der Waals surface area contributed by atoms with Crippen LogP contribution in [0.25, 0.3) is 0 Å². The standard InChI is InChI=1S/C14H18FNO3/c1-16(11-4-6-19-7-5-11)9-10-2-3-12(14(17)18)13(15)8-10/h2-3,8,11H,4-7,9H2,1H3,(H,17,18). The molecule has 19 heavy (non-hydrogen) atoms. The number of hydrogen-bond acceptors (Lipinski definition) is 3. The lowest BCUT2D eigenvalue weighted by Gasteiger charge is -2.31. The molecule has 1 heterocycles. The maximum Gasteiger partial charge on any atom is 0.338 e. The van der Waals surface area contributed by atoms with Gasteiger partial charge >= 0.3 is 5.97 Å². The minimum atomic E-state index is -1.23. The Labute approximate surface area is 111 Å². The number of rotatable bonds is 4. The van der Waals surface area contributed by atoms with E-state index in [1.807, 2.05) is 7.05 Å². The lowest BCUT2D eigenvalue weighted by molar-refractivity contribution is 0.0406. The van der Waals surface area contributed by atoms with Crippen LogP contribution in [0.3, 0.4) is 0 Å². The maximum atomic E-state index is 13.6. The summed E-state index contributed by atoms with van der Waals surface area (Å²) in [5.41, 5.74) is 0.508. The van der Waals surface area contributed by atoms with Crippen molar-refractivity contribution in [1.82, 2.24) is 4.90 Å². The molecular weight excluding hydrogens is 249 g/mol. The van der Waals surface area contributed by atoms with Gasteiger partial charge in [0.2, 0.25) is 0 Å². The first-order chi connectivity index (χ1) is 9.08. The summed E-state index contributed by atoms with van der Waals surface area (Å²) in [6.07, 6.45) is 1.96. The number of nitrogens with zero attached hydrogens (tertiary/aromatic N) is 1. The molecule has 0 bridgehead atoms. The van der Waals surface area contributed by atoms with Gasteiger partial charge in [-0.05, 0) is 37.6 Å². The molecule has 1 aromatic rings. The van der Waals surface area contributed by atoms with Gasteiger partial charge in [-0.3, -0.25) is 4.90 Å². The van der Waals surface area contributed by atoms with Crippen LogP contribution in [0.15, 0.2) is 18.2 Å². The van der Waals surface area contributed by atoms with Crippen LogP contribution in [-0.4, -0.2) is 42.3 Å². The lowest BCUT2D eigenvalue weighted by Crippen LogP contribution is -2.36. The second kappa shape index (κ2) is 6.12. The fourth-order valence-corrected chi connectivity index (χ4v) is 2.37. The van der Waals surface area contributed by atoms with Gasteiger partial charge in [-0.15, -0.1) is 0 Å². The summed E-state index contributed by atoms with van der Waals surface area (Å²) in [6.45, 7) is 2.14. The topological polar surface area (TPSA) is 49.8 Å². The molecule has 0 aliphatic carbocycles. The van der Waals surface area contributed by atoms with Crippen LogP contribution < -0.4 is 0 Å². The summed E-state index contributed by atoms with van der Waals surface area (Å²) in [6, 6.07) is 4.74. The van der Waals surface area contributed by atoms with E-state index in [4.69, 9.17) is 9.84 Å². The Balaban J connectivity index is 2.02. The van der Waals surface area contributed by atoms with Crippen LogP contribution in [0.1, 0.15) is 28.8 Å². The van der Waals surface area contributed by atoms with Crippen LogP contribution in [0, 0.1) is 5.82 Å². The van der Waals surface area contributed by atoms with Gasteiger partial charge in [-0.2, -0.15) is 0 Å². The van der Waals surface area contributed by atoms with Crippen molar-refractivity contribution in [2.24, 2.45) is 0 Å².